The zero-order valence-electron chi connectivity index (χ0n) is 35.6. The van der Waals surface area contributed by atoms with Crippen LogP contribution in [-0.4, -0.2) is 20.8 Å². The van der Waals surface area contributed by atoms with Crippen LogP contribution in [0.4, 0.5) is 0 Å². The Bertz CT molecular complexity index is 4140. The topological polar surface area (TPSA) is 47.7 Å². The van der Waals surface area contributed by atoms with Crippen molar-refractivity contribution >= 4 is 110 Å². The number of benzene rings is 10. The summed E-state index contributed by atoms with van der Waals surface area (Å²) in [5.74, 6) is 0.635. The molecule has 0 fully saturated rings. The lowest BCUT2D eigenvalue weighted by Gasteiger charge is -2.30. The van der Waals surface area contributed by atoms with E-state index in [0.717, 1.165) is 67.4 Å². The van der Waals surface area contributed by atoms with Crippen LogP contribution in [0.2, 0.25) is 0 Å². The second-order valence-corrected chi connectivity index (χ2v) is 17.5. The summed E-state index contributed by atoms with van der Waals surface area (Å²) in [6, 6.07) is 72.3. The normalized spacial score (nSPS) is 15.7. The molecule has 10 aromatic carbocycles. The first-order valence-corrected chi connectivity index (χ1v) is 22.6. The number of aliphatic imine (C=N–C) groups is 2. The van der Waals surface area contributed by atoms with Gasteiger partial charge in [-0.2, -0.15) is 0 Å². The first kappa shape index (κ1) is 36.2. The standard InChI is InChI=1S/C60H40N4O/c1-2-42-57(41-28-27-36-15-3-4-17-38(36)33-41)61-60(64-49-24-12-9-21-44(49)45-22-10-13-25-50(45)64)62-58(42)47-30-32-52(56-46-23-11-14-26-54(46)65-59(47)56)63-51-31-29-37-16-7-8-20-43(37)55(51)48-34-39-18-5-6-19-40(39)35-53(48)63/h3-35,42,57H,2H2,1H3. The second-order valence-electron chi connectivity index (χ2n) is 17.5. The number of hydrogen-bond donors (Lipinski definition) is 0. The fraction of sp³-hybridized carbons (Fsp3) is 0.0667. The molecule has 65 heavy (non-hydrogen) atoms. The van der Waals surface area contributed by atoms with Crippen LogP contribution in [-0.2, 0) is 0 Å². The lowest BCUT2D eigenvalue weighted by molar-refractivity contribution is 0.530. The Balaban J connectivity index is 1.07. The minimum absolute atomic E-state index is 0.0405. The van der Waals surface area contributed by atoms with Gasteiger partial charge in [-0.05, 0) is 98.9 Å². The van der Waals surface area contributed by atoms with E-state index in [-0.39, 0.29) is 12.0 Å². The highest BCUT2D eigenvalue weighted by Gasteiger charge is 2.35. The molecule has 0 saturated carbocycles. The molecule has 1 aliphatic rings. The maximum Gasteiger partial charge on any atom is 0.230 e. The summed E-state index contributed by atoms with van der Waals surface area (Å²) in [7, 11) is 0. The van der Waals surface area contributed by atoms with Crippen molar-refractivity contribution in [2.45, 2.75) is 19.4 Å². The summed E-state index contributed by atoms with van der Waals surface area (Å²) in [4.78, 5) is 11.4. The summed E-state index contributed by atoms with van der Waals surface area (Å²) >= 11 is 0. The van der Waals surface area contributed by atoms with Crippen molar-refractivity contribution in [1.29, 1.82) is 0 Å². The monoisotopic (exact) mass is 832 g/mol. The van der Waals surface area contributed by atoms with E-state index in [1.165, 1.54) is 59.4 Å². The Kier molecular flexibility index (Phi) is 7.72. The predicted octanol–water partition coefficient (Wildman–Crippen LogP) is 15.7. The van der Waals surface area contributed by atoms with Crippen LogP contribution in [0.1, 0.15) is 30.5 Å². The van der Waals surface area contributed by atoms with Gasteiger partial charge in [0.15, 0.2) is 0 Å². The van der Waals surface area contributed by atoms with E-state index >= 15 is 0 Å². The van der Waals surface area contributed by atoms with Gasteiger partial charge >= 0.3 is 0 Å². The maximum atomic E-state index is 7.16. The highest BCUT2D eigenvalue weighted by Crippen LogP contribution is 2.45. The SMILES string of the molecule is CCC1C(c2ccc(-n3c4cc5ccccc5cc4c4c5ccccc5ccc43)c3c2oc2ccccc23)=NC(n2c3ccccc3c3ccccc32)=NC1c1ccc2ccccc2c1. The lowest BCUT2D eigenvalue weighted by atomic mass is 9.82. The van der Waals surface area contributed by atoms with E-state index in [9.17, 15) is 0 Å². The number of fused-ring (bicyclic) bond motifs is 13. The number of aromatic nitrogens is 2. The maximum absolute atomic E-state index is 7.16. The average Bonchev–Trinajstić information content (AvgIpc) is 4.03. The third kappa shape index (κ3) is 5.27. The Morgan fingerprint density at radius 3 is 1.83 bits per heavy atom. The zero-order valence-corrected chi connectivity index (χ0v) is 35.6. The number of nitrogens with zero attached hydrogens (tertiary/aromatic N) is 4. The molecule has 4 heterocycles. The van der Waals surface area contributed by atoms with Crippen LogP contribution in [0.25, 0.3) is 104 Å². The van der Waals surface area contributed by atoms with Crippen LogP contribution in [0, 0.1) is 5.92 Å². The van der Waals surface area contributed by atoms with E-state index in [1.807, 2.05) is 0 Å². The summed E-state index contributed by atoms with van der Waals surface area (Å²) in [6.45, 7) is 2.27. The molecule has 5 nitrogen and oxygen atoms in total. The molecule has 5 heteroatoms. The summed E-state index contributed by atoms with van der Waals surface area (Å²) in [5, 5.41) is 14.3. The molecule has 2 atom stereocenters. The van der Waals surface area contributed by atoms with Crippen molar-refractivity contribution in [1.82, 2.24) is 9.13 Å². The molecule has 0 bridgehead atoms. The number of hydrogen-bond acceptors (Lipinski definition) is 3. The first-order chi connectivity index (χ1) is 32.2. The Morgan fingerprint density at radius 2 is 1.08 bits per heavy atom. The molecule has 0 radical (unpaired) electrons. The van der Waals surface area contributed by atoms with Crippen LogP contribution in [0.5, 0.6) is 0 Å². The van der Waals surface area contributed by atoms with Gasteiger partial charge in [0, 0.05) is 38.4 Å². The fourth-order valence-electron chi connectivity index (χ4n) is 11.1. The minimum atomic E-state index is -0.204. The largest absolute Gasteiger partial charge is 0.455 e. The van der Waals surface area contributed by atoms with Crippen molar-refractivity contribution in [3.8, 4) is 5.69 Å². The van der Waals surface area contributed by atoms with E-state index in [0.29, 0.717) is 5.96 Å². The predicted molar refractivity (Wildman–Crippen MR) is 272 cm³/mol. The third-order valence-electron chi connectivity index (χ3n) is 14.1. The van der Waals surface area contributed by atoms with Crippen LogP contribution >= 0.6 is 0 Å². The summed E-state index contributed by atoms with van der Waals surface area (Å²) < 4.78 is 11.9. The molecule has 1 aliphatic heterocycles. The van der Waals surface area contributed by atoms with Crippen LogP contribution in [0.15, 0.2) is 215 Å². The summed E-state index contributed by atoms with van der Waals surface area (Å²) in [6.07, 6.45) is 0.830. The number of para-hydroxylation sites is 3. The van der Waals surface area contributed by atoms with Crippen molar-refractivity contribution in [2.24, 2.45) is 15.9 Å². The quantitative estimate of drug-likeness (QED) is 0.174. The molecule has 13 aromatic rings. The Hall–Kier alpha value is -8.28. The van der Waals surface area contributed by atoms with Gasteiger partial charge in [-0.1, -0.05) is 153 Å². The molecule has 0 saturated heterocycles. The molecule has 306 valence electrons. The molecule has 3 aromatic heterocycles. The molecule has 0 aliphatic carbocycles. The molecular formula is C60H40N4O. The van der Waals surface area contributed by atoms with Crippen molar-refractivity contribution < 1.29 is 4.42 Å². The van der Waals surface area contributed by atoms with E-state index in [1.54, 1.807) is 0 Å². The highest BCUT2D eigenvalue weighted by molar-refractivity contribution is 6.26. The van der Waals surface area contributed by atoms with E-state index in [2.05, 4.69) is 216 Å². The lowest BCUT2D eigenvalue weighted by Crippen LogP contribution is -2.30. The fourth-order valence-corrected chi connectivity index (χ4v) is 11.1. The molecule has 0 amide bonds. The van der Waals surface area contributed by atoms with Gasteiger partial charge in [0.1, 0.15) is 11.2 Å². The van der Waals surface area contributed by atoms with Crippen LogP contribution < -0.4 is 0 Å². The summed E-state index contributed by atoms with van der Waals surface area (Å²) in [5.41, 5.74) is 10.4. The van der Waals surface area contributed by atoms with Gasteiger partial charge in [0.25, 0.3) is 0 Å². The van der Waals surface area contributed by atoms with E-state index < -0.39 is 0 Å². The van der Waals surface area contributed by atoms with E-state index in [4.69, 9.17) is 14.4 Å². The van der Waals surface area contributed by atoms with Crippen molar-refractivity contribution in [3.05, 3.63) is 211 Å². The van der Waals surface area contributed by atoms with Crippen molar-refractivity contribution in [2.75, 3.05) is 0 Å². The van der Waals surface area contributed by atoms with Crippen molar-refractivity contribution in [3.63, 3.8) is 0 Å². The second kappa shape index (κ2) is 13.9. The van der Waals surface area contributed by atoms with Gasteiger partial charge in [-0.25, -0.2) is 9.98 Å². The van der Waals surface area contributed by atoms with Crippen LogP contribution in [0.3, 0.4) is 0 Å². The number of furan rings is 1. The van der Waals surface area contributed by atoms with Gasteiger partial charge < -0.3 is 8.98 Å². The average molecular weight is 833 g/mol. The Morgan fingerprint density at radius 1 is 0.462 bits per heavy atom. The highest BCUT2D eigenvalue weighted by atomic mass is 16.3. The first-order valence-electron chi connectivity index (χ1n) is 22.6. The number of rotatable bonds is 4. The smallest absolute Gasteiger partial charge is 0.230 e. The third-order valence-corrected chi connectivity index (χ3v) is 14.1. The molecular weight excluding hydrogens is 793 g/mol. The zero-order chi connectivity index (χ0) is 42.8. The molecule has 2 unspecified atom stereocenters. The Labute approximate surface area is 373 Å². The van der Waals surface area contributed by atoms with Gasteiger partial charge in [0.05, 0.1) is 44.9 Å². The molecule has 0 N–H and O–H groups in total. The van der Waals surface area contributed by atoms with Gasteiger partial charge in [-0.15, -0.1) is 0 Å². The molecule has 14 rings (SSSR count). The minimum Gasteiger partial charge on any atom is -0.455 e. The molecule has 0 spiro atoms. The van der Waals surface area contributed by atoms with Gasteiger partial charge in [0.2, 0.25) is 5.96 Å². The van der Waals surface area contributed by atoms with Gasteiger partial charge in [-0.3, -0.25) is 4.57 Å².